The van der Waals surface area contributed by atoms with Crippen LogP contribution in [0.4, 0.5) is 0 Å². The van der Waals surface area contributed by atoms with E-state index in [1.807, 2.05) is 0 Å². The van der Waals surface area contributed by atoms with Gasteiger partial charge < -0.3 is 4.74 Å². The highest BCUT2D eigenvalue weighted by atomic mass is 16.6. The topological polar surface area (TPSA) is 12.5 Å². The Bertz CT molecular complexity index is 171. The first kappa shape index (κ1) is 8.54. The van der Waals surface area contributed by atoms with Crippen LogP contribution in [0.3, 0.4) is 0 Å². The van der Waals surface area contributed by atoms with Crippen LogP contribution in [0.15, 0.2) is 23.8 Å². The summed E-state index contributed by atoms with van der Waals surface area (Å²) in [5, 5.41) is 0. The van der Waals surface area contributed by atoms with Gasteiger partial charge in [-0.3, -0.25) is 0 Å². The van der Waals surface area contributed by atoms with Crippen LogP contribution in [0.1, 0.15) is 26.7 Å². The molecule has 0 aromatic heterocycles. The van der Waals surface area contributed by atoms with Gasteiger partial charge in [0.1, 0.15) is 6.10 Å². The minimum atomic E-state index is 0.389. The van der Waals surface area contributed by atoms with Crippen molar-refractivity contribution in [3.63, 3.8) is 0 Å². The van der Waals surface area contributed by atoms with Crippen molar-refractivity contribution in [1.82, 2.24) is 0 Å². The number of allylic oxidation sites excluding steroid dienone is 2. The Morgan fingerprint density at radius 2 is 2.27 bits per heavy atom. The molecule has 1 atom stereocenters. The molecule has 1 unspecified atom stereocenters. The molecule has 1 saturated heterocycles. The minimum absolute atomic E-state index is 0.389. The maximum Gasteiger partial charge on any atom is 0.102 e. The summed E-state index contributed by atoms with van der Waals surface area (Å²) in [6, 6.07) is 0. The maximum atomic E-state index is 5.11. The van der Waals surface area contributed by atoms with Gasteiger partial charge in [-0.05, 0) is 32.3 Å². The van der Waals surface area contributed by atoms with Crippen LogP contribution in [0, 0.1) is 0 Å². The zero-order valence-corrected chi connectivity index (χ0v) is 7.39. The Morgan fingerprint density at radius 3 is 2.73 bits per heavy atom. The molecule has 0 aromatic rings. The van der Waals surface area contributed by atoms with Gasteiger partial charge in [0.25, 0.3) is 0 Å². The van der Waals surface area contributed by atoms with Gasteiger partial charge in [0, 0.05) is 0 Å². The molecule has 0 radical (unpaired) electrons. The molecule has 0 saturated carbocycles. The Balaban J connectivity index is 2.11. The third-order valence-electron chi connectivity index (χ3n) is 1.81. The zero-order chi connectivity index (χ0) is 8.27. The predicted molar refractivity (Wildman–Crippen MR) is 47.5 cm³/mol. The van der Waals surface area contributed by atoms with Crippen molar-refractivity contribution >= 4 is 0 Å². The summed E-state index contributed by atoms with van der Waals surface area (Å²) in [5.74, 6) is 0. The van der Waals surface area contributed by atoms with E-state index in [1.54, 1.807) is 0 Å². The lowest BCUT2D eigenvalue weighted by molar-refractivity contribution is 0.428. The molecule has 1 heterocycles. The van der Waals surface area contributed by atoms with Gasteiger partial charge >= 0.3 is 0 Å². The fourth-order valence-corrected chi connectivity index (χ4v) is 0.991. The van der Waals surface area contributed by atoms with E-state index in [9.17, 15) is 0 Å². The van der Waals surface area contributed by atoms with E-state index in [0.717, 1.165) is 19.4 Å². The molecular formula is C10H16O. The summed E-state index contributed by atoms with van der Waals surface area (Å²) >= 11 is 0. The fraction of sp³-hybridized carbons (Fsp3) is 0.600. The molecule has 1 rings (SSSR count). The van der Waals surface area contributed by atoms with Crippen molar-refractivity contribution in [3.8, 4) is 0 Å². The Hall–Kier alpha value is -0.560. The highest BCUT2D eigenvalue weighted by molar-refractivity contribution is 5.09. The smallest absolute Gasteiger partial charge is 0.102 e. The van der Waals surface area contributed by atoms with E-state index >= 15 is 0 Å². The third-order valence-corrected chi connectivity index (χ3v) is 1.81. The molecule has 0 amide bonds. The van der Waals surface area contributed by atoms with Crippen LogP contribution < -0.4 is 0 Å². The first-order valence-corrected chi connectivity index (χ1v) is 4.13. The first-order chi connectivity index (χ1) is 5.20. The van der Waals surface area contributed by atoms with Crippen LogP contribution in [-0.2, 0) is 4.74 Å². The van der Waals surface area contributed by atoms with Crippen LogP contribution >= 0.6 is 0 Å². The van der Waals surface area contributed by atoms with Crippen molar-refractivity contribution in [1.29, 1.82) is 0 Å². The number of hydrogen-bond acceptors (Lipinski definition) is 1. The highest BCUT2D eigenvalue weighted by Crippen LogP contribution is 2.21. The molecule has 1 nitrogen and oxygen atoms in total. The van der Waals surface area contributed by atoms with E-state index in [0.29, 0.717) is 6.10 Å². The molecule has 0 N–H and O–H groups in total. The quantitative estimate of drug-likeness (QED) is 0.445. The molecule has 1 aliphatic heterocycles. The lowest BCUT2D eigenvalue weighted by Crippen LogP contribution is -1.89. The fourth-order valence-electron chi connectivity index (χ4n) is 0.991. The first-order valence-electron chi connectivity index (χ1n) is 4.13. The normalized spacial score (nSPS) is 21.1. The van der Waals surface area contributed by atoms with Crippen molar-refractivity contribution in [2.45, 2.75) is 32.8 Å². The van der Waals surface area contributed by atoms with Gasteiger partial charge in [0.2, 0.25) is 0 Å². The minimum Gasteiger partial charge on any atom is -0.368 e. The second-order valence-electron chi connectivity index (χ2n) is 3.30. The van der Waals surface area contributed by atoms with Gasteiger partial charge in [0.05, 0.1) is 6.61 Å². The van der Waals surface area contributed by atoms with Crippen molar-refractivity contribution in [2.24, 2.45) is 0 Å². The highest BCUT2D eigenvalue weighted by Gasteiger charge is 2.24. The Kier molecular flexibility index (Phi) is 2.89. The molecule has 0 aromatic carbocycles. The molecule has 0 aliphatic carbocycles. The number of ether oxygens (including phenoxy) is 1. The van der Waals surface area contributed by atoms with Crippen LogP contribution in [0.2, 0.25) is 0 Å². The van der Waals surface area contributed by atoms with Gasteiger partial charge in [0.15, 0.2) is 0 Å². The van der Waals surface area contributed by atoms with Gasteiger partial charge in [-0.25, -0.2) is 0 Å². The third kappa shape index (κ3) is 3.38. The van der Waals surface area contributed by atoms with E-state index in [4.69, 9.17) is 4.74 Å². The van der Waals surface area contributed by atoms with Crippen LogP contribution in [0.5, 0.6) is 0 Å². The second kappa shape index (κ2) is 3.72. The van der Waals surface area contributed by atoms with E-state index in [1.165, 1.54) is 11.1 Å². The zero-order valence-electron chi connectivity index (χ0n) is 7.39. The summed E-state index contributed by atoms with van der Waals surface area (Å²) in [6.07, 6.45) is 4.82. The average molecular weight is 152 g/mol. The Labute approximate surface area is 68.8 Å². The van der Waals surface area contributed by atoms with E-state index in [-0.39, 0.29) is 0 Å². The molecule has 1 aliphatic rings. The molecular weight excluding hydrogens is 136 g/mol. The van der Waals surface area contributed by atoms with Crippen LogP contribution in [-0.4, -0.2) is 12.7 Å². The van der Waals surface area contributed by atoms with Crippen molar-refractivity contribution in [3.05, 3.63) is 23.8 Å². The number of epoxide rings is 1. The SMILES string of the molecule is C=C(CCC=C(C)C)C1CO1. The lowest BCUT2D eigenvalue weighted by Gasteiger charge is -1.97. The molecule has 1 fully saturated rings. The molecule has 11 heavy (non-hydrogen) atoms. The average Bonchev–Trinajstić information content (AvgIpc) is 2.66. The van der Waals surface area contributed by atoms with E-state index < -0.39 is 0 Å². The van der Waals surface area contributed by atoms with Gasteiger partial charge in [-0.15, -0.1) is 0 Å². The molecule has 62 valence electrons. The molecule has 1 heteroatoms. The number of hydrogen-bond donors (Lipinski definition) is 0. The van der Waals surface area contributed by atoms with Crippen LogP contribution in [0.25, 0.3) is 0 Å². The predicted octanol–water partition coefficient (Wildman–Crippen LogP) is 2.69. The standard InChI is InChI=1S/C10H16O/c1-8(2)5-4-6-9(3)10-7-11-10/h5,10H,3-4,6-7H2,1-2H3. The summed E-state index contributed by atoms with van der Waals surface area (Å²) in [6.45, 7) is 9.10. The summed E-state index contributed by atoms with van der Waals surface area (Å²) in [5.41, 5.74) is 2.64. The number of rotatable bonds is 4. The largest absolute Gasteiger partial charge is 0.368 e. The second-order valence-corrected chi connectivity index (χ2v) is 3.30. The van der Waals surface area contributed by atoms with E-state index in [2.05, 4.69) is 26.5 Å². The summed E-state index contributed by atoms with van der Waals surface area (Å²) in [4.78, 5) is 0. The van der Waals surface area contributed by atoms with Crippen molar-refractivity contribution < 1.29 is 4.74 Å². The maximum absolute atomic E-state index is 5.11. The van der Waals surface area contributed by atoms with Crippen molar-refractivity contribution in [2.75, 3.05) is 6.61 Å². The lowest BCUT2D eigenvalue weighted by atomic mass is 10.1. The van der Waals surface area contributed by atoms with Gasteiger partial charge in [-0.2, -0.15) is 0 Å². The Morgan fingerprint density at radius 1 is 1.64 bits per heavy atom. The summed E-state index contributed by atoms with van der Waals surface area (Å²) < 4.78 is 5.11. The molecule has 0 spiro atoms. The molecule has 0 bridgehead atoms. The summed E-state index contributed by atoms with van der Waals surface area (Å²) in [7, 11) is 0. The monoisotopic (exact) mass is 152 g/mol. The van der Waals surface area contributed by atoms with Gasteiger partial charge in [-0.1, -0.05) is 18.2 Å².